The van der Waals surface area contributed by atoms with Gasteiger partial charge >= 0.3 is 0 Å². The Hall–Kier alpha value is -2.36. The summed E-state index contributed by atoms with van der Waals surface area (Å²) in [6.45, 7) is 8.77. The molecule has 1 atom stereocenters. The highest BCUT2D eigenvalue weighted by Crippen LogP contribution is 2.20. The Morgan fingerprint density at radius 2 is 1.14 bits per heavy atom. The molecule has 1 N–H and O–H groups in total. The lowest BCUT2D eigenvalue weighted by Gasteiger charge is -2.14. The first-order chi connectivity index (χ1) is 13.5. The lowest BCUT2D eigenvalue weighted by atomic mass is 10.1. The molecular formula is C24H34O4. The number of aromatic hydroxyl groups is 1. The van der Waals surface area contributed by atoms with E-state index >= 15 is 0 Å². The first-order valence-corrected chi connectivity index (χ1v) is 10.3. The first-order valence-electron chi connectivity index (χ1n) is 10.3. The molecule has 0 aromatic heterocycles. The third-order valence-corrected chi connectivity index (χ3v) is 4.50. The predicted octanol–water partition coefficient (Wildman–Crippen LogP) is 6.08. The molecule has 0 fully saturated rings. The lowest BCUT2D eigenvalue weighted by Crippen LogP contribution is -2.10. The second kappa shape index (κ2) is 12.2. The van der Waals surface area contributed by atoms with Crippen LogP contribution in [0.25, 0.3) is 0 Å². The number of rotatable bonds is 13. The molecule has 0 saturated heterocycles. The quantitative estimate of drug-likeness (QED) is 0.424. The zero-order chi connectivity index (χ0) is 20.2. The van der Waals surface area contributed by atoms with Crippen LogP contribution in [0.15, 0.2) is 48.5 Å². The van der Waals surface area contributed by atoms with Crippen molar-refractivity contribution in [2.75, 3.05) is 19.8 Å². The van der Waals surface area contributed by atoms with Crippen LogP contribution in [0.4, 0.5) is 0 Å². The fraction of sp³-hybridized carbons (Fsp3) is 0.500. The number of phenols is 1. The van der Waals surface area contributed by atoms with Gasteiger partial charge in [0, 0.05) is 0 Å². The third-order valence-electron chi connectivity index (χ3n) is 4.50. The SMILES string of the molecule is CC(C)CCCOc1ccc(OCC(C)CCCOc2ccc(O)cc2)cc1. The van der Waals surface area contributed by atoms with Crippen molar-refractivity contribution in [3.05, 3.63) is 48.5 Å². The lowest BCUT2D eigenvalue weighted by molar-refractivity contribution is 0.233. The van der Waals surface area contributed by atoms with Crippen molar-refractivity contribution < 1.29 is 19.3 Å². The van der Waals surface area contributed by atoms with Crippen molar-refractivity contribution in [3.8, 4) is 23.0 Å². The summed E-state index contributed by atoms with van der Waals surface area (Å²) in [7, 11) is 0. The van der Waals surface area contributed by atoms with Crippen LogP contribution in [0.2, 0.25) is 0 Å². The molecule has 0 bridgehead atoms. The van der Waals surface area contributed by atoms with Crippen molar-refractivity contribution in [2.45, 2.75) is 46.5 Å². The average molecular weight is 387 g/mol. The molecule has 0 aliphatic rings. The van der Waals surface area contributed by atoms with Gasteiger partial charge in [0.2, 0.25) is 0 Å². The molecule has 4 heteroatoms. The van der Waals surface area contributed by atoms with E-state index in [-0.39, 0.29) is 5.75 Å². The molecule has 0 spiro atoms. The summed E-state index contributed by atoms with van der Waals surface area (Å²) in [5.41, 5.74) is 0. The summed E-state index contributed by atoms with van der Waals surface area (Å²) in [6, 6.07) is 14.7. The second-order valence-electron chi connectivity index (χ2n) is 7.76. The molecule has 0 aliphatic carbocycles. The van der Waals surface area contributed by atoms with Gasteiger partial charge in [-0.05, 0) is 86.1 Å². The van der Waals surface area contributed by atoms with Gasteiger partial charge in [0.15, 0.2) is 0 Å². The maximum Gasteiger partial charge on any atom is 0.119 e. The zero-order valence-electron chi connectivity index (χ0n) is 17.4. The van der Waals surface area contributed by atoms with E-state index < -0.39 is 0 Å². The molecule has 2 rings (SSSR count). The Balaban J connectivity index is 1.57. The van der Waals surface area contributed by atoms with Crippen LogP contribution in [-0.2, 0) is 0 Å². The summed E-state index contributed by atoms with van der Waals surface area (Å²) in [4.78, 5) is 0. The molecule has 0 heterocycles. The Labute approximate surface area is 169 Å². The average Bonchev–Trinajstić information content (AvgIpc) is 2.69. The van der Waals surface area contributed by atoms with Crippen LogP contribution in [-0.4, -0.2) is 24.9 Å². The van der Waals surface area contributed by atoms with Crippen LogP contribution in [0.1, 0.15) is 46.5 Å². The fourth-order valence-corrected chi connectivity index (χ4v) is 2.80. The standard InChI is InChI=1S/C24H34O4/c1-19(2)6-4-16-26-23-12-14-24(15-13-23)28-18-20(3)7-5-17-27-22-10-8-21(25)9-11-22/h8-15,19-20,25H,4-7,16-18H2,1-3H3. The van der Waals surface area contributed by atoms with Gasteiger partial charge in [0.1, 0.15) is 23.0 Å². The molecule has 4 nitrogen and oxygen atoms in total. The smallest absolute Gasteiger partial charge is 0.119 e. The minimum atomic E-state index is 0.254. The molecule has 0 amide bonds. The number of benzene rings is 2. The van der Waals surface area contributed by atoms with Crippen LogP contribution in [0, 0.1) is 11.8 Å². The summed E-state index contributed by atoms with van der Waals surface area (Å²) < 4.78 is 17.3. The summed E-state index contributed by atoms with van der Waals surface area (Å²) in [6.07, 6.45) is 4.28. The molecule has 154 valence electrons. The van der Waals surface area contributed by atoms with Crippen LogP contribution in [0.5, 0.6) is 23.0 Å². The molecule has 0 radical (unpaired) electrons. The molecule has 1 unspecified atom stereocenters. The minimum absolute atomic E-state index is 0.254. The van der Waals surface area contributed by atoms with Gasteiger partial charge in [-0.1, -0.05) is 20.8 Å². The third kappa shape index (κ3) is 9.03. The Kier molecular flexibility index (Phi) is 9.53. The van der Waals surface area contributed by atoms with Crippen LogP contribution < -0.4 is 14.2 Å². The second-order valence-corrected chi connectivity index (χ2v) is 7.76. The van der Waals surface area contributed by atoms with E-state index in [1.54, 1.807) is 24.3 Å². The summed E-state index contributed by atoms with van der Waals surface area (Å²) in [5.74, 6) is 3.99. The molecular weight excluding hydrogens is 352 g/mol. The largest absolute Gasteiger partial charge is 0.508 e. The Bertz CT molecular complexity index is 649. The summed E-state index contributed by atoms with van der Waals surface area (Å²) in [5, 5.41) is 9.26. The maximum atomic E-state index is 9.26. The van der Waals surface area contributed by atoms with E-state index in [4.69, 9.17) is 14.2 Å². The highest BCUT2D eigenvalue weighted by molar-refractivity contribution is 5.31. The van der Waals surface area contributed by atoms with Gasteiger partial charge in [-0.2, -0.15) is 0 Å². The van der Waals surface area contributed by atoms with E-state index in [2.05, 4.69) is 20.8 Å². The van der Waals surface area contributed by atoms with Gasteiger partial charge in [-0.25, -0.2) is 0 Å². The highest BCUT2D eigenvalue weighted by Gasteiger charge is 2.05. The van der Waals surface area contributed by atoms with Crippen molar-refractivity contribution in [3.63, 3.8) is 0 Å². The maximum absolute atomic E-state index is 9.26. The Morgan fingerprint density at radius 1 is 0.679 bits per heavy atom. The summed E-state index contributed by atoms with van der Waals surface area (Å²) >= 11 is 0. The van der Waals surface area contributed by atoms with Gasteiger partial charge in [0.05, 0.1) is 19.8 Å². The van der Waals surface area contributed by atoms with Gasteiger partial charge in [-0.15, -0.1) is 0 Å². The zero-order valence-corrected chi connectivity index (χ0v) is 17.4. The van der Waals surface area contributed by atoms with Crippen molar-refractivity contribution in [2.24, 2.45) is 11.8 Å². The normalized spacial score (nSPS) is 12.0. The van der Waals surface area contributed by atoms with Crippen LogP contribution in [0.3, 0.4) is 0 Å². The van der Waals surface area contributed by atoms with E-state index in [0.29, 0.717) is 19.1 Å². The number of phenolic OH excluding ortho intramolecular Hbond substituents is 1. The van der Waals surface area contributed by atoms with Crippen molar-refractivity contribution >= 4 is 0 Å². The van der Waals surface area contributed by atoms with Crippen LogP contribution >= 0.6 is 0 Å². The highest BCUT2D eigenvalue weighted by atomic mass is 16.5. The first kappa shape index (κ1) is 21.9. The van der Waals surface area contributed by atoms with E-state index in [9.17, 15) is 5.11 Å². The molecule has 2 aromatic rings. The minimum Gasteiger partial charge on any atom is -0.508 e. The monoisotopic (exact) mass is 386 g/mol. The van der Waals surface area contributed by atoms with E-state index in [1.165, 1.54) is 6.42 Å². The van der Waals surface area contributed by atoms with Gasteiger partial charge in [-0.3, -0.25) is 0 Å². The molecule has 0 aliphatic heterocycles. The predicted molar refractivity (Wildman–Crippen MR) is 114 cm³/mol. The number of hydrogen-bond acceptors (Lipinski definition) is 4. The van der Waals surface area contributed by atoms with Gasteiger partial charge < -0.3 is 19.3 Å². The van der Waals surface area contributed by atoms with Crippen molar-refractivity contribution in [1.29, 1.82) is 0 Å². The van der Waals surface area contributed by atoms with Gasteiger partial charge in [0.25, 0.3) is 0 Å². The molecule has 0 saturated carbocycles. The molecule has 28 heavy (non-hydrogen) atoms. The molecule has 2 aromatic carbocycles. The topological polar surface area (TPSA) is 47.9 Å². The number of hydrogen-bond donors (Lipinski definition) is 1. The van der Waals surface area contributed by atoms with Crippen molar-refractivity contribution in [1.82, 2.24) is 0 Å². The van der Waals surface area contributed by atoms with E-state index in [1.807, 2.05) is 24.3 Å². The van der Waals surface area contributed by atoms with E-state index in [0.717, 1.165) is 49.0 Å². The fourth-order valence-electron chi connectivity index (χ4n) is 2.80. The Morgan fingerprint density at radius 3 is 1.68 bits per heavy atom. The number of ether oxygens (including phenoxy) is 3.